The fourth-order valence-electron chi connectivity index (χ4n) is 3.31. The number of rotatable bonds is 2. The number of sulfonamides is 1. The molecule has 1 unspecified atom stereocenters. The van der Waals surface area contributed by atoms with E-state index in [1.54, 1.807) is 29.4 Å². The van der Waals surface area contributed by atoms with Crippen molar-refractivity contribution in [3.05, 3.63) is 29.3 Å². The Morgan fingerprint density at radius 1 is 1.38 bits per heavy atom. The minimum Gasteiger partial charge on any atom is -0.316 e. The van der Waals surface area contributed by atoms with Gasteiger partial charge in [-0.05, 0) is 55.5 Å². The van der Waals surface area contributed by atoms with Crippen LogP contribution in [0.25, 0.3) is 0 Å². The number of aryl methyl sites for hydroxylation is 1. The van der Waals surface area contributed by atoms with Crippen LogP contribution < -0.4 is 5.32 Å². The molecule has 2 heterocycles. The lowest BCUT2D eigenvalue weighted by atomic mass is 9.87. The first kappa shape index (κ1) is 14.5. The van der Waals surface area contributed by atoms with Gasteiger partial charge >= 0.3 is 0 Å². The molecule has 1 spiro atoms. The van der Waals surface area contributed by atoms with Gasteiger partial charge in [-0.2, -0.15) is 9.57 Å². The third-order valence-corrected chi connectivity index (χ3v) is 6.53. The van der Waals surface area contributed by atoms with Crippen LogP contribution in [0.5, 0.6) is 0 Å². The summed E-state index contributed by atoms with van der Waals surface area (Å²) in [4.78, 5) is 0.294. The van der Waals surface area contributed by atoms with Gasteiger partial charge in [-0.15, -0.1) is 0 Å². The normalized spacial score (nSPS) is 26.3. The monoisotopic (exact) mass is 305 g/mol. The zero-order valence-electron chi connectivity index (χ0n) is 12.1. The van der Waals surface area contributed by atoms with Crippen LogP contribution in [-0.4, -0.2) is 38.9 Å². The van der Waals surface area contributed by atoms with Crippen molar-refractivity contribution in [2.75, 3.05) is 26.2 Å². The van der Waals surface area contributed by atoms with Crippen molar-refractivity contribution in [2.24, 2.45) is 5.41 Å². The smallest absolute Gasteiger partial charge is 0.243 e. The van der Waals surface area contributed by atoms with Crippen LogP contribution in [0.3, 0.4) is 0 Å². The zero-order chi connectivity index (χ0) is 15.1. The van der Waals surface area contributed by atoms with Gasteiger partial charge in [-0.3, -0.25) is 0 Å². The largest absolute Gasteiger partial charge is 0.316 e. The third kappa shape index (κ3) is 2.46. The highest BCUT2D eigenvalue weighted by Crippen LogP contribution is 2.38. The van der Waals surface area contributed by atoms with Gasteiger partial charge < -0.3 is 5.32 Å². The van der Waals surface area contributed by atoms with E-state index in [0.717, 1.165) is 25.9 Å². The lowest BCUT2D eigenvalue weighted by molar-refractivity contribution is 0.338. The highest BCUT2D eigenvalue weighted by molar-refractivity contribution is 7.89. The van der Waals surface area contributed by atoms with Crippen LogP contribution in [0.15, 0.2) is 23.1 Å². The Hall–Kier alpha value is -1.42. The first-order valence-corrected chi connectivity index (χ1v) is 8.63. The Bertz CT molecular complexity index is 700. The molecular formula is C15H19N3O2S. The maximum absolute atomic E-state index is 12.7. The summed E-state index contributed by atoms with van der Waals surface area (Å²) >= 11 is 0. The summed E-state index contributed by atoms with van der Waals surface area (Å²) in [7, 11) is -3.45. The van der Waals surface area contributed by atoms with Gasteiger partial charge in [0.25, 0.3) is 0 Å². The summed E-state index contributed by atoms with van der Waals surface area (Å²) in [5.74, 6) is 0. The molecule has 21 heavy (non-hydrogen) atoms. The molecule has 3 rings (SSSR count). The molecule has 2 saturated heterocycles. The average molecular weight is 305 g/mol. The quantitative estimate of drug-likeness (QED) is 0.892. The molecule has 1 aromatic rings. The van der Waals surface area contributed by atoms with Gasteiger partial charge in [0.2, 0.25) is 10.0 Å². The third-order valence-electron chi connectivity index (χ3n) is 4.69. The van der Waals surface area contributed by atoms with Gasteiger partial charge in [-0.1, -0.05) is 0 Å². The van der Waals surface area contributed by atoms with Crippen LogP contribution in [0.1, 0.15) is 24.0 Å². The minimum atomic E-state index is -3.45. The molecule has 0 radical (unpaired) electrons. The molecule has 0 saturated carbocycles. The van der Waals surface area contributed by atoms with Crippen LogP contribution in [-0.2, 0) is 10.0 Å². The van der Waals surface area contributed by atoms with E-state index in [1.807, 2.05) is 0 Å². The molecule has 5 nitrogen and oxygen atoms in total. The Balaban J connectivity index is 1.88. The van der Waals surface area contributed by atoms with Crippen LogP contribution in [0, 0.1) is 23.7 Å². The number of hydrogen-bond acceptors (Lipinski definition) is 4. The SMILES string of the molecule is Cc1cc(S(=O)(=O)N2CCC3(CCNC3)C2)ccc1C#N. The Morgan fingerprint density at radius 2 is 2.19 bits per heavy atom. The summed E-state index contributed by atoms with van der Waals surface area (Å²) in [6.07, 6.45) is 1.97. The summed E-state index contributed by atoms with van der Waals surface area (Å²) in [6.45, 7) is 4.84. The van der Waals surface area contributed by atoms with Crippen molar-refractivity contribution in [3.63, 3.8) is 0 Å². The van der Waals surface area contributed by atoms with Crippen LogP contribution in [0.2, 0.25) is 0 Å². The van der Waals surface area contributed by atoms with Gasteiger partial charge in [-0.25, -0.2) is 8.42 Å². The van der Waals surface area contributed by atoms with E-state index in [2.05, 4.69) is 11.4 Å². The minimum absolute atomic E-state index is 0.120. The topological polar surface area (TPSA) is 73.2 Å². The number of nitrogens with zero attached hydrogens (tertiary/aromatic N) is 2. The van der Waals surface area contributed by atoms with Crippen molar-refractivity contribution in [3.8, 4) is 6.07 Å². The predicted molar refractivity (Wildman–Crippen MR) is 79.2 cm³/mol. The first-order valence-electron chi connectivity index (χ1n) is 7.19. The summed E-state index contributed by atoms with van der Waals surface area (Å²) in [5.41, 5.74) is 1.34. The maximum Gasteiger partial charge on any atom is 0.243 e. The Kier molecular flexibility index (Phi) is 3.52. The molecule has 6 heteroatoms. The summed E-state index contributed by atoms with van der Waals surface area (Å²) in [5, 5.41) is 12.3. The number of nitrogens with one attached hydrogen (secondary N) is 1. The molecule has 0 aliphatic carbocycles. The summed E-state index contributed by atoms with van der Waals surface area (Å²) in [6, 6.07) is 6.80. The van der Waals surface area contributed by atoms with Crippen molar-refractivity contribution in [1.29, 1.82) is 5.26 Å². The average Bonchev–Trinajstić information content (AvgIpc) is 3.10. The number of benzene rings is 1. The van der Waals surface area contributed by atoms with E-state index in [-0.39, 0.29) is 5.41 Å². The standard InChI is InChI=1S/C15H19N3O2S/c1-12-8-14(3-2-13(12)9-16)21(19,20)18-7-5-15(11-18)4-6-17-10-15/h2-3,8,17H,4-7,10-11H2,1H3. The van der Waals surface area contributed by atoms with Crippen molar-refractivity contribution >= 4 is 10.0 Å². The fourth-order valence-corrected chi connectivity index (χ4v) is 4.95. The van der Waals surface area contributed by atoms with E-state index in [0.29, 0.717) is 29.1 Å². The van der Waals surface area contributed by atoms with E-state index >= 15 is 0 Å². The van der Waals surface area contributed by atoms with Gasteiger partial charge in [0.15, 0.2) is 0 Å². The van der Waals surface area contributed by atoms with Crippen molar-refractivity contribution < 1.29 is 8.42 Å². The highest BCUT2D eigenvalue weighted by Gasteiger charge is 2.44. The molecule has 2 aliphatic rings. The fraction of sp³-hybridized carbons (Fsp3) is 0.533. The van der Waals surface area contributed by atoms with Crippen LogP contribution >= 0.6 is 0 Å². The number of hydrogen-bond donors (Lipinski definition) is 1. The second kappa shape index (κ2) is 5.09. The van der Waals surface area contributed by atoms with Gasteiger partial charge in [0.05, 0.1) is 16.5 Å². The Labute approximate surface area is 125 Å². The van der Waals surface area contributed by atoms with Gasteiger partial charge in [0.1, 0.15) is 0 Å². The molecule has 2 aliphatic heterocycles. The lowest BCUT2D eigenvalue weighted by Gasteiger charge is -2.22. The van der Waals surface area contributed by atoms with Gasteiger partial charge in [0, 0.05) is 19.6 Å². The molecule has 2 fully saturated rings. The lowest BCUT2D eigenvalue weighted by Crippen LogP contribution is -2.33. The maximum atomic E-state index is 12.7. The number of nitriles is 1. The van der Waals surface area contributed by atoms with E-state index in [1.165, 1.54) is 0 Å². The molecule has 1 atom stereocenters. The molecule has 112 valence electrons. The molecule has 0 amide bonds. The molecule has 0 aromatic heterocycles. The van der Waals surface area contributed by atoms with Crippen molar-refractivity contribution in [1.82, 2.24) is 9.62 Å². The van der Waals surface area contributed by atoms with Crippen molar-refractivity contribution in [2.45, 2.75) is 24.7 Å². The second-order valence-corrected chi connectivity index (χ2v) is 8.04. The molecule has 0 bridgehead atoms. The molecule has 1 N–H and O–H groups in total. The van der Waals surface area contributed by atoms with E-state index in [9.17, 15) is 8.42 Å². The predicted octanol–water partition coefficient (Wildman–Crippen LogP) is 1.24. The molecular weight excluding hydrogens is 286 g/mol. The van der Waals surface area contributed by atoms with Crippen LogP contribution in [0.4, 0.5) is 0 Å². The second-order valence-electron chi connectivity index (χ2n) is 6.10. The van der Waals surface area contributed by atoms with E-state index in [4.69, 9.17) is 5.26 Å². The molecule has 1 aromatic carbocycles. The Morgan fingerprint density at radius 3 is 2.81 bits per heavy atom. The highest BCUT2D eigenvalue weighted by atomic mass is 32.2. The first-order chi connectivity index (χ1) is 9.97. The zero-order valence-corrected chi connectivity index (χ0v) is 12.9. The van der Waals surface area contributed by atoms with E-state index < -0.39 is 10.0 Å². The summed E-state index contributed by atoms with van der Waals surface area (Å²) < 4.78 is 27.1.